The number of rotatable bonds is 7. The molecule has 4 rings (SSSR count). The Labute approximate surface area is 201 Å². The number of carbonyl (C=O) groups excluding carboxylic acids is 1. The van der Waals surface area contributed by atoms with E-state index in [1.165, 1.54) is 51.5 Å². The normalized spacial score (nSPS) is 11.3. The average molecular weight is 499 g/mol. The number of halogens is 1. The predicted molar refractivity (Wildman–Crippen MR) is 131 cm³/mol. The molecule has 182 valence electrons. The molecule has 3 aromatic carbocycles. The van der Waals surface area contributed by atoms with Crippen LogP contribution in [0.15, 0.2) is 65.1 Å². The lowest BCUT2D eigenvalue weighted by Gasteiger charge is -2.19. The molecule has 35 heavy (non-hydrogen) atoms. The van der Waals surface area contributed by atoms with Gasteiger partial charge in [-0.25, -0.2) is 12.8 Å². The van der Waals surface area contributed by atoms with Crippen LogP contribution in [0.1, 0.15) is 10.4 Å². The fraction of sp³-hybridized carbons (Fsp3) is 0.160. The first-order chi connectivity index (χ1) is 16.6. The summed E-state index contributed by atoms with van der Waals surface area (Å²) in [6.45, 7) is 0. The standard InChI is InChI=1S/C25H23FN2O6S/c1-27-25(29)23-19-13-22(32-3)20(28(2)35(4,30)31)14-21(19)34-24(23)15-5-9-17(10-6-15)33-18-11-7-16(26)8-12-18/h5-14H,1-4H3,(H,27,29). The number of amides is 1. The Bertz CT molecular complexity index is 1500. The van der Waals surface area contributed by atoms with Crippen LogP contribution in [-0.2, 0) is 10.0 Å². The van der Waals surface area contributed by atoms with Crippen molar-refractivity contribution in [2.45, 2.75) is 0 Å². The maximum atomic E-state index is 13.1. The van der Waals surface area contributed by atoms with E-state index in [0.717, 1.165) is 10.6 Å². The molecule has 4 aromatic rings. The molecule has 1 heterocycles. The van der Waals surface area contributed by atoms with E-state index in [9.17, 15) is 17.6 Å². The van der Waals surface area contributed by atoms with E-state index in [1.807, 2.05) is 0 Å². The molecular formula is C25H23FN2O6S. The number of furan rings is 1. The van der Waals surface area contributed by atoms with Crippen LogP contribution in [0, 0.1) is 5.82 Å². The molecule has 0 aliphatic carbocycles. The fourth-order valence-electron chi connectivity index (χ4n) is 3.57. The van der Waals surface area contributed by atoms with Crippen molar-refractivity contribution in [2.75, 3.05) is 31.8 Å². The molecule has 0 aliphatic rings. The van der Waals surface area contributed by atoms with Gasteiger partial charge in [0.15, 0.2) is 0 Å². The van der Waals surface area contributed by atoms with Crippen LogP contribution in [0.2, 0.25) is 0 Å². The van der Waals surface area contributed by atoms with Crippen LogP contribution in [0.5, 0.6) is 17.2 Å². The third-order valence-corrected chi connectivity index (χ3v) is 6.64. The molecule has 0 atom stereocenters. The third-order valence-electron chi connectivity index (χ3n) is 5.45. The molecule has 0 saturated heterocycles. The summed E-state index contributed by atoms with van der Waals surface area (Å²) in [5.74, 6) is 0.818. The minimum absolute atomic E-state index is 0.269. The second kappa shape index (κ2) is 9.30. The largest absolute Gasteiger partial charge is 0.495 e. The fourth-order valence-corrected chi connectivity index (χ4v) is 4.07. The summed E-state index contributed by atoms with van der Waals surface area (Å²) in [4.78, 5) is 12.8. The number of nitrogens with zero attached hydrogens (tertiary/aromatic N) is 1. The number of benzene rings is 3. The molecular weight excluding hydrogens is 475 g/mol. The van der Waals surface area contributed by atoms with Gasteiger partial charge in [0.05, 0.1) is 24.6 Å². The number of carbonyl (C=O) groups is 1. The average Bonchev–Trinajstić information content (AvgIpc) is 3.21. The summed E-state index contributed by atoms with van der Waals surface area (Å²) in [6.07, 6.45) is 1.08. The van der Waals surface area contributed by atoms with E-state index in [4.69, 9.17) is 13.9 Å². The molecule has 8 nitrogen and oxygen atoms in total. The first kappa shape index (κ1) is 24.1. The second-order valence-electron chi connectivity index (χ2n) is 7.72. The van der Waals surface area contributed by atoms with Crippen LogP contribution in [0.3, 0.4) is 0 Å². The van der Waals surface area contributed by atoms with Gasteiger partial charge < -0.3 is 19.2 Å². The van der Waals surface area contributed by atoms with Gasteiger partial charge in [0, 0.05) is 31.1 Å². The highest BCUT2D eigenvalue weighted by atomic mass is 32.2. The van der Waals surface area contributed by atoms with Crippen LogP contribution in [-0.4, -0.2) is 41.8 Å². The number of anilines is 1. The number of hydrogen-bond donors (Lipinski definition) is 1. The van der Waals surface area contributed by atoms with Gasteiger partial charge >= 0.3 is 0 Å². The molecule has 0 fully saturated rings. The van der Waals surface area contributed by atoms with Crippen LogP contribution in [0.25, 0.3) is 22.3 Å². The molecule has 0 saturated carbocycles. The zero-order chi connectivity index (χ0) is 25.3. The molecule has 1 N–H and O–H groups in total. The van der Waals surface area contributed by atoms with Crippen molar-refractivity contribution in [3.05, 3.63) is 72.0 Å². The third kappa shape index (κ3) is 4.78. The van der Waals surface area contributed by atoms with Crippen molar-refractivity contribution in [2.24, 2.45) is 0 Å². The van der Waals surface area contributed by atoms with E-state index in [1.54, 1.807) is 30.3 Å². The summed E-state index contributed by atoms with van der Waals surface area (Å²) in [5.41, 5.74) is 1.47. The predicted octanol–water partition coefficient (Wildman–Crippen LogP) is 4.80. The number of hydrogen-bond acceptors (Lipinski definition) is 6. The summed E-state index contributed by atoms with van der Waals surface area (Å²) in [5, 5.41) is 3.08. The lowest BCUT2D eigenvalue weighted by atomic mass is 10.0. The van der Waals surface area contributed by atoms with Crippen molar-refractivity contribution in [1.82, 2.24) is 5.32 Å². The molecule has 0 radical (unpaired) electrons. The summed E-state index contributed by atoms with van der Waals surface area (Å²) in [7, 11) is 0.762. The van der Waals surface area contributed by atoms with Crippen LogP contribution >= 0.6 is 0 Å². The van der Waals surface area contributed by atoms with Gasteiger partial charge in [0.1, 0.15) is 34.4 Å². The van der Waals surface area contributed by atoms with Gasteiger partial charge in [-0.05, 0) is 54.6 Å². The molecule has 1 amide bonds. The van der Waals surface area contributed by atoms with Gasteiger partial charge in [-0.3, -0.25) is 9.10 Å². The second-order valence-corrected chi connectivity index (χ2v) is 9.73. The molecule has 0 bridgehead atoms. The summed E-state index contributed by atoms with van der Waals surface area (Å²) >= 11 is 0. The van der Waals surface area contributed by atoms with E-state index >= 15 is 0 Å². The van der Waals surface area contributed by atoms with Crippen molar-refractivity contribution in [1.29, 1.82) is 0 Å². The SMILES string of the molecule is CNC(=O)c1c(-c2ccc(Oc3ccc(F)cc3)cc2)oc2cc(N(C)S(C)(=O)=O)c(OC)cc12. The Kier molecular flexibility index (Phi) is 6.40. The molecule has 0 unspecified atom stereocenters. The first-order valence-corrected chi connectivity index (χ1v) is 12.3. The van der Waals surface area contributed by atoms with Gasteiger partial charge in [-0.15, -0.1) is 0 Å². The Morgan fingerprint density at radius 3 is 2.17 bits per heavy atom. The molecule has 1 aromatic heterocycles. The van der Waals surface area contributed by atoms with Crippen LogP contribution < -0.4 is 19.1 Å². The molecule has 0 aliphatic heterocycles. The van der Waals surface area contributed by atoms with E-state index in [0.29, 0.717) is 33.8 Å². The highest BCUT2D eigenvalue weighted by Crippen LogP contribution is 2.41. The summed E-state index contributed by atoms with van der Waals surface area (Å²) in [6, 6.07) is 15.6. The van der Waals surface area contributed by atoms with E-state index in [2.05, 4.69) is 5.32 Å². The van der Waals surface area contributed by atoms with E-state index < -0.39 is 10.0 Å². The Balaban J connectivity index is 1.80. The number of ether oxygens (including phenoxy) is 2. The highest BCUT2D eigenvalue weighted by Gasteiger charge is 2.25. The van der Waals surface area contributed by atoms with Crippen LogP contribution in [0.4, 0.5) is 10.1 Å². The number of sulfonamides is 1. The Hall–Kier alpha value is -4.05. The number of nitrogens with one attached hydrogen (secondary N) is 1. The monoisotopic (exact) mass is 498 g/mol. The molecule has 0 spiro atoms. The smallest absolute Gasteiger partial charge is 0.255 e. The quantitative estimate of drug-likeness (QED) is 0.393. The Morgan fingerprint density at radius 2 is 1.63 bits per heavy atom. The van der Waals surface area contributed by atoms with Gasteiger partial charge in [0.2, 0.25) is 10.0 Å². The van der Waals surface area contributed by atoms with Crippen molar-refractivity contribution in [3.8, 4) is 28.6 Å². The first-order valence-electron chi connectivity index (χ1n) is 10.5. The van der Waals surface area contributed by atoms with Crippen molar-refractivity contribution < 1.29 is 31.5 Å². The van der Waals surface area contributed by atoms with Gasteiger partial charge in [-0.1, -0.05) is 0 Å². The maximum Gasteiger partial charge on any atom is 0.255 e. The topological polar surface area (TPSA) is 98.1 Å². The van der Waals surface area contributed by atoms with Gasteiger partial charge in [0.25, 0.3) is 5.91 Å². The van der Waals surface area contributed by atoms with Crippen molar-refractivity contribution >= 4 is 32.6 Å². The zero-order valence-electron chi connectivity index (χ0n) is 19.5. The minimum Gasteiger partial charge on any atom is -0.495 e. The summed E-state index contributed by atoms with van der Waals surface area (Å²) < 4.78 is 55.6. The lowest BCUT2D eigenvalue weighted by molar-refractivity contribution is 0.0964. The molecule has 10 heteroatoms. The van der Waals surface area contributed by atoms with Gasteiger partial charge in [-0.2, -0.15) is 0 Å². The number of fused-ring (bicyclic) bond motifs is 1. The maximum absolute atomic E-state index is 13.1. The lowest BCUT2D eigenvalue weighted by Crippen LogP contribution is -2.25. The number of methoxy groups -OCH3 is 1. The van der Waals surface area contributed by atoms with Crippen molar-refractivity contribution in [3.63, 3.8) is 0 Å². The zero-order valence-corrected chi connectivity index (χ0v) is 20.3. The Morgan fingerprint density at radius 1 is 1.03 bits per heavy atom. The van der Waals surface area contributed by atoms with E-state index in [-0.39, 0.29) is 28.7 Å². The minimum atomic E-state index is -3.57. The highest BCUT2D eigenvalue weighted by molar-refractivity contribution is 7.92.